The number of hydrogen-bond acceptors (Lipinski definition) is 2. The number of carbonyl (C=O) groups is 1. The van der Waals surface area contributed by atoms with Gasteiger partial charge in [0.1, 0.15) is 23.2 Å². The summed E-state index contributed by atoms with van der Waals surface area (Å²) in [6.45, 7) is 4.56. The summed E-state index contributed by atoms with van der Waals surface area (Å²) in [6, 6.07) is 32.9. The summed E-state index contributed by atoms with van der Waals surface area (Å²) in [6.07, 6.45) is 3.42. The first-order valence-corrected chi connectivity index (χ1v) is 13.2. The molecule has 4 heteroatoms. The van der Waals surface area contributed by atoms with Crippen molar-refractivity contribution in [2.24, 2.45) is 5.41 Å². The highest BCUT2D eigenvalue weighted by Crippen LogP contribution is 2.57. The molecule has 0 aromatic heterocycles. The van der Waals surface area contributed by atoms with Crippen LogP contribution < -0.4 is 15.9 Å². The second kappa shape index (κ2) is 10.9. The lowest BCUT2D eigenvalue weighted by molar-refractivity contribution is -0.169. The molecule has 3 rings (SSSR count). The van der Waals surface area contributed by atoms with Crippen molar-refractivity contribution < 1.29 is 9.63 Å². The lowest BCUT2D eigenvalue weighted by atomic mass is 9.85. The van der Waals surface area contributed by atoms with E-state index in [9.17, 15) is 4.79 Å². The summed E-state index contributed by atoms with van der Waals surface area (Å²) in [7, 11) is 1.36. The van der Waals surface area contributed by atoms with E-state index in [2.05, 4.69) is 105 Å². The van der Waals surface area contributed by atoms with E-state index >= 15 is 0 Å². The highest BCUT2D eigenvalue weighted by atomic mass is 31.2. The van der Waals surface area contributed by atoms with Gasteiger partial charge in [-0.2, -0.15) is 0 Å². The van der Waals surface area contributed by atoms with Crippen LogP contribution in [0.2, 0.25) is 0 Å². The van der Waals surface area contributed by atoms with Crippen LogP contribution >= 0.6 is 7.26 Å². The minimum absolute atomic E-state index is 0.0239. The molecule has 0 fully saturated rings. The molecule has 3 aromatic carbocycles. The Hall–Kier alpha value is -2.48. The zero-order valence-corrected chi connectivity index (χ0v) is 20.6. The Morgan fingerprint density at radius 2 is 1.19 bits per heavy atom. The largest absolute Gasteiger partial charge is 0.275 e. The van der Waals surface area contributed by atoms with Gasteiger partial charge in [-0.1, -0.05) is 68.4 Å². The molecule has 0 saturated carbocycles. The number of amides is 1. The Labute approximate surface area is 193 Å². The third kappa shape index (κ3) is 5.65. The van der Waals surface area contributed by atoms with Crippen molar-refractivity contribution >= 4 is 29.1 Å². The van der Waals surface area contributed by atoms with Crippen LogP contribution in [0.1, 0.15) is 33.1 Å². The van der Waals surface area contributed by atoms with E-state index in [0.717, 1.165) is 19.0 Å². The quantitative estimate of drug-likeness (QED) is 0.315. The minimum Gasteiger partial charge on any atom is -0.275 e. The maximum atomic E-state index is 12.3. The van der Waals surface area contributed by atoms with E-state index < -0.39 is 7.26 Å². The van der Waals surface area contributed by atoms with E-state index in [-0.39, 0.29) is 11.3 Å². The lowest BCUT2D eigenvalue weighted by Crippen LogP contribution is -2.35. The van der Waals surface area contributed by atoms with E-state index in [1.165, 1.54) is 28.1 Å². The van der Waals surface area contributed by atoms with Gasteiger partial charge in [0.15, 0.2) is 0 Å². The van der Waals surface area contributed by atoms with Crippen LogP contribution in [0.4, 0.5) is 0 Å². The van der Waals surface area contributed by atoms with Gasteiger partial charge in [0, 0.05) is 13.5 Å². The topological polar surface area (TPSA) is 29.5 Å². The number of carbonyl (C=O) groups excluding carboxylic acids is 1. The van der Waals surface area contributed by atoms with Gasteiger partial charge in [-0.3, -0.25) is 9.63 Å². The zero-order valence-electron chi connectivity index (χ0n) is 19.7. The van der Waals surface area contributed by atoms with Crippen LogP contribution in [0.25, 0.3) is 0 Å². The fraction of sp³-hybridized carbons (Fsp3) is 0.321. The smallest absolute Gasteiger partial charge is 0.245 e. The Morgan fingerprint density at radius 1 is 0.781 bits per heavy atom. The molecule has 0 aliphatic heterocycles. The van der Waals surface area contributed by atoms with Crippen molar-refractivity contribution in [3.8, 4) is 0 Å². The Balaban J connectivity index is 1.97. The van der Waals surface area contributed by atoms with Crippen LogP contribution in [0.5, 0.6) is 0 Å². The predicted octanol–water partition coefficient (Wildman–Crippen LogP) is 5.20. The molecule has 0 saturated heterocycles. The van der Waals surface area contributed by atoms with E-state index in [1.54, 1.807) is 7.05 Å². The van der Waals surface area contributed by atoms with Crippen molar-refractivity contribution in [2.45, 2.75) is 33.1 Å². The minimum atomic E-state index is -1.84. The lowest BCUT2D eigenvalue weighted by Gasteiger charge is -2.32. The molecule has 0 radical (unpaired) electrons. The van der Waals surface area contributed by atoms with Crippen molar-refractivity contribution in [2.75, 3.05) is 20.3 Å². The third-order valence-electron chi connectivity index (χ3n) is 6.36. The normalized spacial score (nSPS) is 11.9. The average molecular weight is 449 g/mol. The molecule has 0 heterocycles. The number of hydrogen-bond donors (Lipinski definition) is 0. The molecule has 0 aliphatic carbocycles. The first-order valence-electron chi connectivity index (χ1n) is 11.2. The molecule has 0 bridgehead atoms. The molecule has 1 amide bonds. The summed E-state index contributed by atoms with van der Waals surface area (Å²) < 4.78 is 0. The summed E-state index contributed by atoms with van der Waals surface area (Å²) in [4.78, 5) is 17.3. The molecule has 0 unspecified atom stereocenters. The Morgan fingerprint density at radius 3 is 1.56 bits per heavy atom. The SMILES string of the molecule is CON(C)C(=O)CCC(C)(C)CC[P+](c1ccccc1)(c1ccccc1)c1ccccc1. The summed E-state index contributed by atoms with van der Waals surface area (Å²) >= 11 is 0. The molecular weight excluding hydrogens is 413 g/mol. The van der Waals surface area contributed by atoms with Crippen LogP contribution in [0.15, 0.2) is 91.0 Å². The fourth-order valence-electron chi connectivity index (χ4n) is 4.18. The molecule has 3 aromatic rings. The summed E-state index contributed by atoms with van der Waals surface area (Å²) in [5.74, 6) is 0.0239. The molecule has 0 spiro atoms. The second-order valence-corrected chi connectivity index (χ2v) is 12.6. The Kier molecular flexibility index (Phi) is 8.23. The van der Waals surface area contributed by atoms with Gasteiger partial charge in [-0.05, 0) is 54.7 Å². The number of nitrogens with zero attached hydrogens (tertiary/aromatic N) is 1. The van der Waals surface area contributed by atoms with Gasteiger partial charge in [0.2, 0.25) is 5.91 Å². The van der Waals surface area contributed by atoms with E-state index in [0.29, 0.717) is 6.42 Å². The van der Waals surface area contributed by atoms with Crippen LogP contribution in [0, 0.1) is 5.41 Å². The molecule has 168 valence electrons. The molecular formula is C28H35NO2P+. The number of benzene rings is 3. The monoisotopic (exact) mass is 448 g/mol. The van der Waals surface area contributed by atoms with Crippen molar-refractivity contribution in [3.63, 3.8) is 0 Å². The molecule has 0 aliphatic rings. The number of hydroxylamine groups is 2. The predicted molar refractivity (Wildman–Crippen MR) is 137 cm³/mol. The maximum Gasteiger partial charge on any atom is 0.245 e. The summed E-state index contributed by atoms with van der Waals surface area (Å²) in [5, 5.41) is 5.54. The molecule has 0 atom stereocenters. The fourth-order valence-corrected chi connectivity index (χ4v) is 8.83. The van der Waals surface area contributed by atoms with E-state index in [1.807, 2.05) is 0 Å². The first kappa shape index (κ1) is 24.2. The third-order valence-corrected chi connectivity index (χ3v) is 10.8. The first-order chi connectivity index (χ1) is 15.4. The second-order valence-electron chi connectivity index (χ2n) is 9.03. The molecule has 3 nitrogen and oxygen atoms in total. The highest BCUT2D eigenvalue weighted by Gasteiger charge is 2.45. The van der Waals surface area contributed by atoms with Gasteiger partial charge in [-0.25, -0.2) is 5.06 Å². The molecule has 32 heavy (non-hydrogen) atoms. The van der Waals surface area contributed by atoms with Crippen molar-refractivity contribution in [3.05, 3.63) is 91.0 Å². The van der Waals surface area contributed by atoms with Gasteiger partial charge >= 0.3 is 0 Å². The molecule has 0 N–H and O–H groups in total. The van der Waals surface area contributed by atoms with Crippen molar-refractivity contribution in [1.82, 2.24) is 5.06 Å². The van der Waals surface area contributed by atoms with Gasteiger partial charge in [0.25, 0.3) is 0 Å². The standard InChI is InChI=1S/C28H35NO2P/c1-28(2,21-20-27(30)29(3)31-4)22-23-32(24-14-8-5-9-15-24,25-16-10-6-11-17-25)26-18-12-7-13-19-26/h5-19H,20-23H2,1-4H3/q+1. The number of rotatable bonds is 10. The Bertz CT molecular complexity index is 877. The van der Waals surface area contributed by atoms with Crippen LogP contribution in [-0.2, 0) is 9.63 Å². The van der Waals surface area contributed by atoms with E-state index in [4.69, 9.17) is 4.84 Å². The average Bonchev–Trinajstić information content (AvgIpc) is 2.84. The van der Waals surface area contributed by atoms with Crippen molar-refractivity contribution in [1.29, 1.82) is 0 Å². The van der Waals surface area contributed by atoms with Gasteiger partial charge in [-0.15, -0.1) is 0 Å². The van der Waals surface area contributed by atoms with Gasteiger partial charge < -0.3 is 0 Å². The van der Waals surface area contributed by atoms with Gasteiger partial charge in [0.05, 0.1) is 13.3 Å². The zero-order chi connectivity index (χ0) is 23.0. The van der Waals surface area contributed by atoms with Crippen LogP contribution in [-0.4, -0.2) is 31.3 Å². The summed E-state index contributed by atoms with van der Waals surface area (Å²) in [5.41, 5.74) is 0.0355. The maximum absolute atomic E-state index is 12.3. The highest BCUT2D eigenvalue weighted by molar-refractivity contribution is 7.95. The van der Waals surface area contributed by atoms with Crippen LogP contribution in [0.3, 0.4) is 0 Å².